The van der Waals surface area contributed by atoms with Crippen molar-refractivity contribution in [2.45, 2.75) is 6.92 Å². The van der Waals surface area contributed by atoms with Gasteiger partial charge in [0.25, 0.3) is 0 Å². The molecule has 1 N–H and O–H groups in total. The summed E-state index contributed by atoms with van der Waals surface area (Å²) >= 11 is 0. The maximum absolute atomic E-state index is 10.7. The van der Waals surface area contributed by atoms with E-state index in [4.69, 9.17) is 0 Å². The van der Waals surface area contributed by atoms with Gasteiger partial charge in [0.2, 0.25) is 0 Å². The lowest BCUT2D eigenvalue weighted by Crippen LogP contribution is -1.99. The third-order valence-corrected chi connectivity index (χ3v) is 1.08. The fourth-order valence-corrected chi connectivity index (χ4v) is 0.610. The summed E-state index contributed by atoms with van der Waals surface area (Å²) in [6.07, 6.45) is 3.14. The summed E-state index contributed by atoms with van der Waals surface area (Å²) in [7, 11) is 0. The van der Waals surface area contributed by atoms with Gasteiger partial charge in [-0.25, -0.2) is 4.79 Å². The second-order valence-corrected chi connectivity index (χ2v) is 1.96. The first kappa shape index (κ1) is 8.34. The number of carbonyl (C=O) groups is 1. The van der Waals surface area contributed by atoms with E-state index in [9.17, 15) is 4.79 Å². The fraction of sp³-hybridized carbons (Fsp3) is 0.250. The van der Waals surface area contributed by atoms with E-state index in [-0.39, 0.29) is 0 Å². The molecule has 0 fully saturated rings. The van der Waals surface area contributed by atoms with Gasteiger partial charge in [-0.3, -0.25) is 5.10 Å². The van der Waals surface area contributed by atoms with Crippen LogP contribution in [0.25, 0.3) is 0 Å². The smallest absolute Gasteiger partial charge is 0.384 e. The van der Waals surface area contributed by atoms with Gasteiger partial charge in [0, 0.05) is 12.1 Å². The number of aromatic nitrogens is 2. The third kappa shape index (κ3) is 2.46. The van der Waals surface area contributed by atoms with E-state index < -0.39 is 5.97 Å². The van der Waals surface area contributed by atoms with E-state index >= 15 is 0 Å². The van der Waals surface area contributed by atoms with Crippen molar-refractivity contribution in [3.8, 4) is 11.8 Å². The van der Waals surface area contributed by atoms with Crippen LogP contribution in [-0.4, -0.2) is 22.8 Å². The topological polar surface area (TPSA) is 55.0 Å². The average molecular weight is 164 g/mol. The molecule has 4 heteroatoms. The Morgan fingerprint density at radius 3 is 3.25 bits per heavy atom. The number of nitrogens with zero attached hydrogens (tertiary/aromatic N) is 1. The molecule has 0 saturated heterocycles. The molecule has 0 aliphatic carbocycles. The van der Waals surface area contributed by atoms with Gasteiger partial charge in [-0.15, -0.1) is 0 Å². The van der Waals surface area contributed by atoms with Gasteiger partial charge in [-0.2, -0.15) is 5.10 Å². The van der Waals surface area contributed by atoms with Crippen LogP contribution in [0.2, 0.25) is 0 Å². The van der Waals surface area contributed by atoms with Crippen LogP contribution in [0.5, 0.6) is 0 Å². The second kappa shape index (κ2) is 4.19. The first-order valence-corrected chi connectivity index (χ1v) is 3.50. The standard InChI is InChI=1S/C8H8N2O2/c1-2-12-8(11)4-3-7-5-9-10-6-7/h5-6H,2H2,1H3,(H,9,10). The zero-order valence-corrected chi connectivity index (χ0v) is 6.63. The van der Waals surface area contributed by atoms with Gasteiger partial charge >= 0.3 is 5.97 Å². The zero-order valence-electron chi connectivity index (χ0n) is 6.63. The summed E-state index contributed by atoms with van der Waals surface area (Å²) in [5.74, 6) is 4.39. The molecule has 1 aromatic heterocycles. The average Bonchev–Trinajstić information content (AvgIpc) is 2.53. The van der Waals surface area contributed by atoms with Gasteiger partial charge in [-0.05, 0) is 6.92 Å². The molecule has 62 valence electrons. The molecule has 1 heterocycles. The molecule has 4 nitrogen and oxygen atoms in total. The summed E-state index contributed by atoms with van der Waals surface area (Å²) in [6.45, 7) is 2.08. The maximum atomic E-state index is 10.7. The highest BCUT2D eigenvalue weighted by Gasteiger charge is 1.92. The number of aromatic amines is 1. The van der Waals surface area contributed by atoms with Crippen molar-refractivity contribution in [1.29, 1.82) is 0 Å². The van der Waals surface area contributed by atoms with Crippen LogP contribution in [0.1, 0.15) is 12.5 Å². The lowest BCUT2D eigenvalue weighted by molar-refractivity contribution is -0.136. The Morgan fingerprint density at radius 2 is 2.67 bits per heavy atom. The predicted molar refractivity (Wildman–Crippen MR) is 42.1 cm³/mol. The molecule has 1 aromatic rings. The lowest BCUT2D eigenvalue weighted by atomic mass is 10.4. The van der Waals surface area contributed by atoms with Crippen LogP contribution >= 0.6 is 0 Å². The van der Waals surface area contributed by atoms with E-state index in [1.165, 1.54) is 6.20 Å². The van der Waals surface area contributed by atoms with Gasteiger partial charge in [0.05, 0.1) is 18.4 Å². The molecule has 1 rings (SSSR count). The summed E-state index contributed by atoms with van der Waals surface area (Å²) in [4.78, 5) is 10.7. The van der Waals surface area contributed by atoms with E-state index in [0.29, 0.717) is 12.2 Å². The van der Waals surface area contributed by atoms with E-state index in [2.05, 4.69) is 26.8 Å². The van der Waals surface area contributed by atoms with Crippen molar-refractivity contribution in [3.63, 3.8) is 0 Å². The Balaban J connectivity index is 2.54. The van der Waals surface area contributed by atoms with Crippen molar-refractivity contribution in [2.24, 2.45) is 0 Å². The molecule has 0 bridgehead atoms. The number of hydrogen-bond donors (Lipinski definition) is 1. The van der Waals surface area contributed by atoms with Gasteiger partial charge in [-0.1, -0.05) is 5.92 Å². The third-order valence-electron chi connectivity index (χ3n) is 1.08. The number of nitrogens with one attached hydrogen (secondary N) is 1. The fourth-order valence-electron chi connectivity index (χ4n) is 0.610. The molecule has 0 saturated carbocycles. The molecule has 0 amide bonds. The SMILES string of the molecule is CCOC(=O)C#Cc1cn[nH]c1. The molecule has 0 unspecified atom stereocenters. The highest BCUT2D eigenvalue weighted by atomic mass is 16.5. The van der Waals surface area contributed by atoms with E-state index in [1.807, 2.05) is 0 Å². The molecular weight excluding hydrogens is 156 g/mol. The van der Waals surface area contributed by atoms with Gasteiger partial charge in [0.15, 0.2) is 0 Å². The number of esters is 1. The largest absolute Gasteiger partial charge is 0.456 e. The Labute approximate surface area is 69.9 Å². The number of H-pyrrole nitrogens is 1. The minimum absolute atomic E-state index is 0.346. The summed E-state index contributed by atoms with van der Waals surface area (Å²) in [5.41, 5.74) is 0.669. The molecule has 0 spiro atoms. The minimum atomic E-state index is -0.515. The number of hydrogen-bond acceptors (Lipinski definition) is 3. The maximum Gasteiger partial charge on any atom is 0.384 e. The van der Waals surface area contributed by atoms with Crippen LogP contribution in [0.3, 0.4) is 0 Å². The molecular formula is C8H8N2O2. The Morgan fingerprint density at radius 1 is 1.83 bits per heavy atom. The lowest BCUT2D eigenvalue weighted by Gasteiger charge is -1.89. The van der Waals surface area contributed by atoms with E-state index in [1.54, 1.807) is 13.1 Å². The number of ether oxygens (including phenoxy) is 1. The van der Waals surface area contributed by atoms with Crippen LogP contribution < -0.4 is 0 Å². The predicted octanol–water partition coefficient (Wildman–Crippen LogP) is 0.324. The quantitative estimate of drug-likeness (QED) is 0.480. The van der Waals surface area contributed by atoms with Crippen molar-refractivity contribution in [1.82, 2.24) is 10.2 Å². The summed E-state index contributed by atoms with van der Waals surface area (Å²) in [5, 5.41) is 6.25. The normalized spacial score (nSPS) is 8.42. The Bertz CT molecular complexity index is 306. The zero-order chi connectivity index (χ0) is 8.81. The van der Waals surface area contributed by atoms with Crippen molar-refractivity contribution < 1.29 is 9.53 Å². The van der Waals surface area contributed by atoms with Crippen molar-refractivity contribution in [3.05, 3.63) is 18.0 Å². The molecule has 0 aliphatic rings. The summed E-state index contributed by atoms with van der Waals surface area (Å²) in [6, 6.07) is 0. The molecule has 0 atom stereocenters. The first-order valence-electron chi connectivity index (χ1n) is 3.50. The summed E-state index contributed by atoms with van der Waals surface area (Å²) < 4.78 is 4.60. The first-order chi connectivity index (χ1) is 5.83. The Kier molecular flexibility index (Phi) is 2.91. The van der Waals surface area contributed by atoms with Crippen LogP contribution in [0.15, 0.2) is 12.4 Å². The molecule has 12 heavy (non-hydrogen) atoms. The second-order valence-electron chi connectivity index (χ2n) is 1.96. The molecule has 0 aromatic carbocycles. The monoisotopic (exact) mass is 164 g/mol. The molecule has 0 aliphatic heterocycles. The number of carbonyl (C=O) groups excluding carboxylic acids is 1. The Hall–Kier alpha value is -1.76. The van der Waals surface area contributed by atoms with Crippen LogP contribution in [0.4, 0.5) is 0 Å². The van der Waals surface area contributed by atoms with Gasteiger partial charge in [0.1, 0.15) is 0 Å². The minimum Gasteiger partial charge on any atom is -0.456 e. The highest BCUT2D eigenvalue weighted by Crippen LogP contribution is 1.88. The van der Waals surface area contributed by atoms with Crippen LogP contribution in [-0.2, 0) is 9.53 Å². The van der Waals surface area contributed by atoms with Crippen molar-refractivity contribution >= 4 is 5.97 Å². The highest BCUT2D eigenvalue weighted by molar-refractivity contribution is 5.89. The van der Waals surface area contributed by atoms with Crippen molar-refractivity contribution in [2.75, 3.05) is 6.61 Å². The van der Waals surface area contributed by atoms with Gasteiger partial charge < -0.3 is 4.74 Å². The van der Waals surface area contributed by atoms with E-state index in [0.717, 1.165) is 0 Å². The van der Waals surface area contributed by atoms with Crippen LogP contribution in [0, 0.1) is 11.8 Å². The number of rotatable bonds is 1. The molecule has 0 radical (unpaired) electrons.